The zero-order valence-electron chi connectivity index (χ0n) is 19.1. The number of rotatable bonds is 8. The van der Waals surface area contributed by atoms with E-state index in [0.717, 1.165) is 48.7 Å². The first kappa shape index (κ1) is 22.6. The summed E-state index contributed by atoms with van der Waals surface area (Å²) >= 11 is 0. The van der Waals surface area contributed by atoms with E-state index in [4.69, 9.17) is 9.84 Å². The van der Waals surface area contributed by atoms with Gasteiger partial charge in [0.2, 0.25) is 0 Å². The number of fused-ring (bicyclic) bond motifs is 1. The molecule has 0 fully saturated rings. The molecule has 6 nitrogen and oxygen atoms in total. The highest BCUT2D eigenvalue weighted by Gasteiger charge is 2.18. The predicted molar refractivity (Wildman–Crippen MR) is 127 cm³/mol. The van der Waals surface area contributed by atoms with Crippen LogP contribution in [0, 0.1) is 18.8 Å². The van der Waals surface area contributed by atoms with Crippen molar-refractivity contribution in [3.05, 3.63) is 82.7 Å². The van der Waals surface area contributed by atoms with Crippen LogP contribution in [0.5, 0.6) is 5.75 Å². The molecule has 170 valence electrons. The van der Waals surface area contributed by atoms with Crippen LogP contribution in [0.25, 0.3) is 0 Å². The molecule has 0 bridgehead atoms. The van der Waals surface area contributed by atoms with Gasteiger partial charge in [-0.15, -0.1) is 5.92 Å². The number of aliphatic carboxylic acids is 1. The molecule has 0 amide bonds. The molecular formula is C27H29N3O3. The van der Waals surface area contributed by atoms with Crippen molar-refractivity contribution in [2.45, 2.75) is 52.4 Å². The summed E-state index contributed by atoms with van der Waals surface area (Å²) in [4.78, 5) is 13.5. The Morgan fingerprint density at radius 1 is 1.15 bits per heavy atom. The normalized spacial score (nSPS) is 14.1. The van der Waals surface area contributed by atoms with E-state index in [2.05, 4.69) is 56.9 Å². The Bertz CT molecular complexity index is 1170. The Labute approximate surface area is 194 Å². The molecule has 4 rings (SSSR count). The number of carboxylic acid groups (broad SMARTS) is 1. The zero-order valence-corrected chi connectivity index (χ0v) is 19.1. The highest BCUT2D eigenvalue weighted by molar-refractivity contribution is 5.69. The molecule has 0 spiro atoms. The van der Waals surface area contributed by atoms with Crippen molar-refractivity contribution >= 4 is 5.97 Å². The van der Waals surface area contributed by atoms with Gasteiger partial charge in [0, 0.05) is 19.6 Å². The molecule has 3 aromatic rings. The highest BCUT2D eigenvalue weighted by Crippen LogP contribution is 2.23. The van der Waals surface area contributed by atoms with Crippen LogP contribution < -0.4 is 4.74 Å². The molecule has 2 heterocycles. The van der Waals surface area contributed by atoms with Crippen molar-refractivity contribution in [2.75, 3.05) is 6.54 Å². The molecule has 2 aromatic carbocycles. The number of carbonyl (C=O) groups is 1. The summed E-state index contributed by atoms with van der Waals surface area (Å²) in [6.45, 7) is 7.98. The molecule has 0 unspecified atom stereocenters. The molecule has 33 heavy (non-hydrogen) atoms. The third-order valence-corrected chi connectivity index (χ3v) is 5.78. The Hall–Kier alpha value is -3.56. The Balaban J connectivity index is 1.34. The molecule has 0 aliphatic carbocycles. The summed E-state index contributed by atoms with van der Waals surface area (Å²) in [5.74, 6) is 5.38. The fourth-order valence-electron chi connectivity index (χ4n) is 4.24. The molecule has 1 aliphatic heterocycles. The molecule has 1 aliphatic rings. The lowest BCUT2D eigenvalue weighted by Gasteiger charge is -2.27. The van der Waals surface area contributed by atoms with Gasteiger partial charge >= 0.3 is 5.97 Å². The maximum Gasteiger partial charge on any atom is 0.304 e. The Morgan fingerprint density at radius 2 is 1.94 bits per heavy atom. The number of nitrogens with zero attached hydrogens (tertiary/aromatic N) is 3. The summed E-state index contributed by atoms with van der Waals surface area (Å²) in [6, 6.07) is 18.2. The van der Waals surface area contributed by atoms with Gasteiger partial charge in [-0.25, -0.2) is 0 Å². The van der Waals surface area contributed by atoms with E-state index in [1.165, 1.54) is 11.3 Å². The van der Waals surface area contributed by atoms with E-state index in [0.29, 0.717) is 6.61 Å². The average molecular weight is 444 g/mol. The monoisotopic (exact) mass is 443 g/mol. The summed E-state index contributed by atoms with van der Waals surface area (Å²) in [6.07, 6.45) is -0.00714. The van der Waals surface area contributed by atoms with E-state index in [-0.39, 0.29) is 12.3 Å². The van der Waals surface area contributed by atoms with Gasteiger partial charge < -0.3 is 9.84 Å². The third kappa shape index (κ3) is 6.03. The fourth-order valence-corrected chi connectivity index (χ4v) is 4.24. The second-order valence-electron chi connectivity index (χ2n) is 8.43. The van der Waals surface area contributed by atoms with Gasteiger partial charge in [0.1, 0.15) is 12.4 Å². The summed E-state index contributed by atoms with van der Waals surface area (Å²) in [5, 5.41) is 13.6. The molecule has 6 heteroatoms. The van der Waals surface area contributed by atoms with Gasteiger partial charge in [0.25, 0.3) is 0 Å². The highest BCUT2D eigenvalue weighted by atomic mass is 16.5. The van der Waals surface area contributed by atoms with Gasteiger partial charge in [0.15, 0.2) is 0 Å². The Kier molecular flexibility index (Phi) is 7.11. The van der Waals surface area contributed by atoms with Gasteiger partial charge in [-0.1, -0.05) is 42.3 Å². The second-order valence-corrected chi connectivity index (χ2v) is 8.43. The first-order chi connectivity index (χ1) is 16.0. The first-order valence-electron chi connectivity index (χ1n) is 11.2. The van der Waals surface area contributed by atoms with Gasteiger partial charge in [0.05, 0.1) is 30.3 Å². The SMILES string of the molecule is CC#C[C@@H](CC(=O)O)c1ccc(OCc2cccc(CN3CCn4nc(C)cc4C3)c2)cc1. The topological polar surface area (TPSA) is 67.6 Å². The molecule has 0 radical (unpaired) electrons. The molecular weight excluding hydrogens is 414 g/mol. The van der Waals surface area contributed by atoms with Crippen LogP contribution >= 0.6 is 0 Å². The van der Waals surface area contributed by atoms with Crippen molar-refractivity contribution < 1.29 is 14.6 Å². The number of hydrogen-bond acceptors (Lipinski definition) is 4. The minimum absolute atomic E-state index is 0.00714. The number of hydrogen-bond donors (Lipinski definition) is 1. The number of aryl methyl sites for hydroxylation is 1. The maximum absolute atomic E-state index is 11.1. The smallest absolute Gasteiger partial charge is 0.304 e. The average Bonchev–Trinajstić information content (AvgIpc) is 3.17. The largest absolute Gasteiger partial charge is 0.489 e. The summed E-state index contributed by atoms with van der Waals surface area (Å²) < 4.78 is 8.10. The van der Waals surface area contributed by atoms with E-state index < -0.39 is 5.97 Å². The van der Waals surface area contributed by atoms with Crippen LogP contribution in [-0.4, -0.2) is 32.3 Å². The lowest BCUT2D eigenvalue weighted by Crippen LogP contribution is -2.33. The lowest BCUT2D eigenvalue weighted by atomic mass is 9.96. The standard InChI is InChI=1S/C27H29N3O3/c1-3-5-24(16-27(31)32)23-8-10-26(11-9-23)33-19-22-7-4-6-21(15-22)17-29-12-13-30-25(18-29)14-20(2)28-30/h4,6-11,14-15,24H,12-13,16-19H2,1-2H3,(H,31,32)/t24-/m0/s1. The Morgan fingerprint density at radius 3 is 2.70 bits per heavy atom. The van der Waals surface area contributed by atoms with Crippen molar-refractivity contribution in [3.8, 4) is 17.6 Å². The number of ether oxygens (including phenoxy) is 1. The fraction of sp³-hybridized carbons (Fsp3) is 0.333. The molecule has 1 aromatic heterocycles. The predicted octanol–water partition coefficient (Wildman–Crippen LogP) is 4.37. The van der Waals surface area contributed by atoms with Crippen LogP contribution in [0.1, 0.15) is 47.3 Å². The third-order valence-electron chi connectivity index (χ3n) is 5.78. The van der Waals surface area contributed by atoms with Crippen molar-refractivity contribution in [3.63, 3.8) is 0 Å². The van der Waals surface area contributed by atoms with Crippen LogP contribution in [0.3, 0.4) is 0 Å². The van der Waals surface area contributed by atoms with Crippen molar-refractivity contribution in [2.24, 2.45) is 0 Å². The van der Waals surface area contributed by atoms with Crippen LogP contribution in [0.4, 0.5) is 0 Å². The van der Waals surface area contributed by atoms with Crippen LogP contribution in [-0.2, 0) is 31.0 Å². The van der Waals surface area contributed by atoms with Crippen molar-refractivity contribution in [1.82, 2.24) is 14.7 Å². The summed E-state index contributed by atoms with van der Waals surface area (Å²) in [5.41, 5.74) is 5.63. The molecule has 1 N–H and O–H groups in total. The quantitative estimate of drug-likeness (QED) is 0.524. The minimum Gasteiger partial charge on any atom is -0.489 e. The number of benzene rings is 2. The van der Waals surface area contributed by atoms with Gasteiger partial charge in [-0.05, 0) is 48.7 Å². The lowest BCUT2D eigenvalue weighted by molar-refractivity contribution is -0.137. The van der Waals surface area contributed by atoms with Gasteiger partial charge in [-0.2, -0.15) is 5.10 Å². The van der Waals surface area contributed by atoms with Crippen LogP contribution in [0.15, 0.2) is 54.6 Å². The maximum atomic E-state index is 11.1. The molecule has 1 atom stereocenters. The van der Waals surface area contributed by atoms with E-state index in [9.17, 15) is 4.79 Å². The minimum atomic E-state index is -0.853. The number of carboxylic acids is 1. The number of aromatic nitrogens is 2. The van der Waals surface area contributed by atoms with Crippen molar-refractivity contribution in [1.29, 1.82) is 0 Å². The second kappa shape index (κ2) is 10.4. The molecule has 0 saturated heterocycles. The van der Waals surface area contributed by atoms with E-state index in [1.54, 1.807) is 6.92 Å². The van der Waals surface area contributed by atoms with E-state index in [1.807, 2.05) is 31.2 Å². The van der Waals surface area contributed by atoms with Gasteiger partial charge in [-0.3, -0.25) is 14.4 Å². The zero-order chi connectivity index (χ0) is 23.2. The van der Waals surface area contributed by atoms with E-state index >= 15 is 0 Å². The summed E-state index contributed by atoms with van der Waals surface area (Å²) in [7, 11) is 0. The molecule has 0 saturated carbocycles. The van der Waals surface area contributed by atoms with Crippen LogP contribution in [0.2, 0.25) is 0 Å². The first-order valence-corrected chi connectivity index (χ1v) is 11.2.